The van der Waals surface area contributed by atoms with E-state index in [1.165, 1.54) is 0 Å². The van der Waals surface area contributed by atoms with Gasteiger partial charge in [0.05, 0.1) is 16.9 Å². The Labute approximate surface area is 198 Å². The van der Waals surface area contributed by atoms with Gasteiger partial charge < -0.3 is 25.4 Å². The minimum Gasteiger partial charge on any atom is -0.543 e. The molecular weight excluding hydrogens is 428 g/mol. The second-order valence-corrected chi connectivity index (χ2v) is 14.7. The Morgan fingerprint density at radius 2 is 1.76 bits per heavy atom. The van der Waals surface area contributed by atoms with Gasteiger partial charge in [0.15, 0.2) is 0 Å². The molecule has 0 radical (unpaired) electrons. The summed E-state index contributed by atoms with van der Waals surface area (Å²) >= 11 is 0. The number of hydrogen-bond donors (Lipinski definition) is 3. The average Bonchev–Trinajstić information content (AvgIpc) is 3.02. The summed E-state index contributed by atoms with van der Waals surface area (Å²) in [5, 5.41) is 6.84. The van der Waals surface area contributed by atoms with Crippen molar-refractivity contribution < 1.29 is 9.22 Å². The van der Waals surface area contributed by atoms with E-state index in [9.17, 15) is 4.79 Å². The normalized spacial score (nSPS) is 12.1. The minimum atomic E-state index is -1.94. The molecule has 0 aliphatic carbocycles. The lowest BCUT2D eigenvalue weighted by Crippen LogP contribution is -2.43. The number of carbonyl (C=O) groups is 1. The number of carbonyl (C=O) groups excluding carboxylic acids is 1. The summed E-state index contributed by atoms with van der Waals surface area (Å²) in [5.41, 5.74) is 11.2. The first-order valence-corrected chi connectivity index (χ1v) is 14.6. The number of amides is 2. The molecule has 7 heteroatoms. The van der Waals surface area contributed by atoms with Crippen molar-refractivity contribution in [3.05, 3.63) is 42.5 Å². The average molecular weight is 467 g/mol. The largest absolute Gasteiger partial charge is 0.543 e. The van der Waals surface area contributed by atoms with Crippen LogP contribution in [-0.4, -0.2) is 25.5 Å². The van der Waals surface area contributed by atoms with Crippen molar-refractivity contribution >= 4 is 36.6 Å². The smallest absolute Gasteiger partial charge is 0.319 e. The zero-order valence-electron chi connectivity index (χ0n) is 21.0. The summed E-state index contributed by atoms with van der Waals surface area (Å²) in [7, 11) is -1.94. The van der Waals surface area contributed by atoms with E-state index in [0.717, 1.165) is 52.3 Å². The third kappa shape index (κ3) is 5.19. The lowest BCUT2D eigenvalue weighted by atomic mass is 10.1. The monoisotopic (exact) mass is 466 g/mol. The quantitative estimate of drug-likeness (QED) is 0.334. The van der Waals surface area contributed by atoms with Crippen molar-refractivity contribution in [1.82, 2.24) is 9.88 Å². The number of nitrogens with one attached hydrogen (secondary N) is 2. The highest BCUT2D eigenvalue weighted by Crippen LogP contribution is 2.41. The van der Waals surface area contributed by atoms with E-state index in [2.05, 4.69) is 68.1 Å². The highest BCUT2D eigenvalue weighted by atomic mass is 28.4. The number of anilines is 2. The molecule has 0 fully saturated rings. The summed E-state index contributed by atoms with van der Waals surface area (Å²) < 4.78 is 8.78. The fraction of sp³-hybridized carbons (Fsp3) is 0.423. The van der Waals surface area contributed by atoms with Crippen LogP contribution >= 0.6 is 0 Å². The number of nitrogens with two attached hydrogens (primary N) is 1. The Hall–Kier alpha value is -2.93. The van der Waals surface area contributed by atoms with Gasteiger partial charge in [-0.15, -0.1) is 0 Å². The second-order valence-electron chi connectivity index (χ2n) is 10.0. The van der Waals surface area contributed by atoms with Gasteiger partial charge in [0.1, 0.15) is 5.75 Å². The highest BCUT2D eigenvalue weighted by Gasteiger charge is 2.39. The number of fused-ring (bicyclic) bond motifs is 1. The molecule has 0 atom stereocenters. The molecule has 33 heavy (non-hydrogen) atoms. The second kappa shape index (κ2) is 9.51. The van der Waals surface area contributed by atoms with Crippen LogP contribution in [-0.2, 0) is 6.54 Å². The van der Waals surface area contributed by atoms with E-state index in [4.69, 9.17) is 10.2 Å². The first kappa shape index (κ1) is 24.7. The molecular formula is C26H38N4O2Si. The van der Waals surface area contributed by atoms with Crippen LogP contribution in [0.2, 0.25) is 18.1 Å². The number of hydrogen-bond acceptors (Lipinski definition) is 3. The summed E-state index contributed by atoms with van der Waals surface area (Å²) in [5.74, 6) is 0.894. The molecule has 6 nitrogen and oxygen atoms in total. The van der Waals surface area contributed by atoms with Crippen LogP contribution in [0.15, 0.2) is 42.5 Å². The van der Waals surface area contributed by atoms with Crippen LogP contribution in [0.3, 0.4) is 0 Å². The number of aromatic nitrogens is 1. The molecule has 2 amide bonds. The van der Waals surface area contributed by atoms with Gasteiger partial charge in [0, 0.05) is 35.8 Å². The molecule has 178 valence electrons. The van der Waals surface area contributed by atoms with E-state index in [0.29, 0.717) is 6.54 Å². The Balaban J connectivity index is 1.95. The third-order valence-corrected chi connectivity index (χ3v) is 10.9. The first-order valence-electron chi connectivity index (χ1n) is 11.7. The first-order chi connectivity index (χ1) is 15.5. The summed E-state index contributed by atoms with van der Waals surface area (Å²) in [6, 6.07) is 13.8. The van der Waals surface area contributed by atoms with Crippen molar-refractivity contribution in [1.29, 1.82) is 0 Å². The maximum absolute atomic E-state index is 11.9. The van der Waals surface area contributed by atoms with Gasteiger partial charge >= 0.3 is 6.03 Å². The van der Waals surface area contributed by atoms with Crippen LogP contribution in [0, 0.1) is 0 Å². The highest BCUT2D eigenvalue weighted by molar-refractivity contribution is 6.74. The number of urea groups is 1. The topological polar surface area (TPSA) is 81.3 Å². The minimum absolute atomic E-state index is 0.127. The van der Waals surface area contributed by atoms with Gasteiger partial charge in [-0.1, -0.05) is 39.8 Å². The molecule has 0 spiro atoms. The molecule has 2 aromatic carbocycles. The van der Waals surface area contributed by atoms with Crippen molar-refractivity contribution in [3.8, 4) is 17.0 Å². The number of nitrogens with zero attached hydrogens (tertiary/aromatic N) is 1. The van der Waals surface area contributed by atoms with Crippen LogP contribution in [0.1, 0.15) is 41.0 Å². The lowest BCUT2D eigenvalue weighted by Gasteiger charge is -2.36. The Morgan fingerprint density at radius 3 is 2.33 bits per heavy atom. The van der Waals surface area contributed by atoms with Crippen molar-refractivity contribution in [2.24, 2.45) is 0 Å². The van der Waals surface area contributed by atoms with Gasteiger partial charge in [0.25, 0.3) is 0 Å². The number of nitrogen functional groups attached to an aromatic ring is 1. The van der Waals surface area contributed by atoms with E-state index < -0.39 is 8.32 Å². The summed E-state index contributed by atoms with van der Waals surface area (Å²) in [6.07, 6.45) is 0.899. The van der Waals surface area contributed by atoms with Gasteiger partial charge in [-0.25, -0.2) is 4.79 Å². The van der Waals surface area contributed by atoms with Gasteiger partial charge in [-0.05, 0) is 55.7 Å². The molecule has 1 aromatic heterocycles. The van der Waals surface area contributed by atoms with Crippen molar-refractivity contribution in [3.63, 3.8) is 0 Å². The lowest BCUT2D eigenvalue weighted by molar-refractivity contribution is 0.252. The number of rotatable bonds is 7. The maximum atomic E-state index is 11.9. The van der Waals surface area contributed by atoms with E-state index in [1.807, 2.05) is 37.3 Å². The molecule has 3 aromatic rings. The molecule has 0 aliphatic rings. The molecule has 3 rings (SSSR count). The molecule has 4 N–H and O–H groups in total. The molecule has 0 aliphatic heterocycles. The third-order valence-electron chi connectivity index (χ3n) is 6.52. The van der Waals surface area contributed by atoms with Gasteiger partial charge in [-0.3, -0.25) is 0 Å². The van der Waals surface area contributed by atoms with Gasteiger partial charge in [-0.2, -0.15) is 0 Å². The molecule has 0 bridgehead atoms. The summed E-state index contributed by atoms with van der Waals surface area (Å²) in [6.45, 7) is 16.8. The zero-order chi connectivity index (χ0) is 24.4. The fourth-order valence-corrected chi connectivity index (χ4v) is 4.65. The number of benzene rings is 2. The maximum Gasteiger partial charge on any atom is 0.319 e. The summed E-state index contributed by atoms with van der Waals surface area (Å²) in [4.78, 5) is 11.9. The standard InChI is InChI=1S/C26H38N4O2Si/c1-8-16-28-25(31)29-19-12-10-18(11-13-19)24-23(27)21-15-14-20(17-22(21)30(24)9-2)32-33(6,7)26(3,4)5/h10-15,17H,8-9,16,27H2,1-7H3,(H2,28,29,31). The van der Waals surface area contributed by atoms with E-state index >= 15 is 0 Å². The molecule has 0 unspecified atom stereocenters. The molecule has 0 saturated heterocycles. The van der Waals surface area contributed by atoms with Crippen LogP contribution in [0.4, 0.5) is 16.2 Å². The van der Waals surface area contributed by atoms with E-state index in [1.54, 1.807) is 0 Å². The SMILES string of the molecule is CCCNC(=O)Nc1ccc(-c2c(N)c3ccc(O[Si](C)(C)C(C)(C)C)cc3n2CC)cc1. The molecule has 1 heterocycles. The molecule has 0 saturated carbocycles. The van der Waals surface area contributed by atoms with Crippen molar-refractivity contribution in [2.45, 2.75) is 65.7 Å². The van der Waals surface area contributed by atoms with Crippen LogP contribution in [0.5, 0.6) is 5.75 Å². The Morgan fingerprint density at radius 1 is 1.09 bits per heavy atom. The Kier molecular flexibility index (Phi) is 7.12. The predicted octanol–water partition coefficient (Wildman–Crippen LogP) is 6.83. The number of aryl methyl sites for hydroxylation is 1. The van der Waals surface area contributed by atoms with Crippen LogP contribution < -0.4 is 20.8 Å². The van der Waals surface area contributed by atoms with E-state index in [-0.39, 0.29) is 11.1 Å². The Bertz CT molecular complexity index is 1130. The fourth-order valence-electron chi connectivity index (χ4n) is 3.63. The van der Waals surface area contributed by atoms with Gasteiger partial charge in [0.2, 0.25) is 8.32 Å². The predicted molar refractivity (Wildman–Crippen MR) is 143 cm³/mol. The van der Waals surface area contributed by atoms with Crippen molar-refractivity contribution in [2.75, 3.05) is 17.6 Å². The van der Waals surface area contributed by atoms with Crippen LogP contribution in [0.25, 0.3) is 22.2 Å². The zero-order valence-corrected chi connectivity index (χ0v) is 22.0.